The van der Waals surface area contributed by atoms with Gasteiger partial charge in [-0.05, 0) is 19.1 Å². The second-order valence-electron chi connectivity index (χ2n) is 6.49. The molecule has 2 aliphatic heterocycles. The molecule has 152 valence electrons. The van der Waals surface area contributed by atoms with Crippen molar-refractivity contribution < 1.29 is 17.9 Å². The van der Waals surface area contributed by atoms with Gasteiger partial charge in [0.15, 0.2) is 0 Å². The zero-order valence-corrected chi connectivity index (χ0v) is 16.6. The summed E-state index contributed by atoms with van der Waals surface area (Å²) in [5, 5.41) is 9.01. The quantitative estimate of drug-likeness (QED) is 0.694. The highest BCUT2D eigenvalue weighted by Gasteiger charge is 2.35. The van der Waals surface area contributed by atoms with Crippen LogP contribution in [-0.4, -0.2) is 92.0 Å². The summed E-state index contributed by atoms with van der Waals surface area (Å²) in [6, 6.07) is 5.43. The minimum atomic E-state index is -3.58. The van der Waals surface area contributed by atoms with E-state index in [4.69, 9.17) is 10.00 Å². The summed E-state index contributed by atoms with van der Waals surface area (Å²) in [6.07, 6.45) is 1.18. The Hall–Kier alpha value is -2.42. The summed E-state index contributed by atoms with van der Waals surface area (Å²) < 4.78 is 33.7. The van der Waals surface area contributed by atoms with E-state index in [1.807, 2.05) is 4.90 Å². The molecular formula is C17H24N6O4S. The van der Waals surface area contributed by atoms with Crippen molar-refractivity contribution in [3.8, 4) is 6.07 Å². The van der Waals surface area contributed by atoms with Crippen LogP contribution in [0.25, 0.3) is 0 Å². The molecule has 0 spiro atoms. The van der Waals surface area contributed by atoms with Crippen LogP contribution in [0.5, 0.6) is 0 Å². The molecule has 0 N–H and O–H groups in total. The number of ether oxygens (including phenoxy) is 1. The van der Waals surface area contributed by atoms with Crippen LogP contribution < -0.4 is 4.90 Å². The standard InChI is InChI=1S/C17H24N6O4S/c1-2-27-17(24)21-7-11-23(12-8-21)28(25,26)22-9-5-20(6-10-22)16-13-15(14-18)3-4-19-16/h3-4,13H,2,5-12H2,1H3. The average molecular weight is 408 g/mol. The second kappa shape index (κ2) is 8.72. The zero-order chi connectivity index (χ0) is 20.1. The van der Waals surface area contributed by atoms with Crippen molar-refractivity contribution in [1.29, 1.82) is 5.26 Å². The van der Waals surface area contributed by atoms with Crippen LogP contribution >= 0.6 is 0 Å². The van der Waals surface area contributed by atoms with Crippen molar-refractivity contribution in [1.82, 2.24) is 18.5 Å². The molecule has 2 saturated heterocycles. The molecule has 2 aliphatic rings. The van der Waals surface area contributed by atoms with Gasteiger partial charge >= 0.3 is 6.09 Å². The van der Waals surface area contributed by atoms with Gasteiger partial charge in [0.2, 0.25) is 0 Å². The van der Waals surface area contributed by atoms with Crippen molar-refractivity contribution in [3.63, 3.8) is 0 Å². The number of rotatable bonds is 4. The molecule has 0 radical (unpaired) electrons. The second-order valence-corrected chi connectivity index (χ2v) is 8.42. The molecule has 0 atom stereocenters. The van der Waals surface area contributed by atoms with E-state index in [0.29, 0.717) is 57.3 Å². The zero-order valence-electron chi connectivity index (χ0n) is 15.8. The molecule has 28 heavy (non-hydrogen) atoms. The summed E-state index contributed by atoms with van der Waals surface area (Å²) in [5.41, 5.74) is 0.527. The molecule has 1 aromatic heterocycles. The van der Waals surface area contributed by atoms with Crippen LogP contribution in [0.2, 0.25) is 0 Å². The molecule has 0 aromatic carbocycles. The first-order chi connectivity index (χ1) is 13.5. The normalized spacial score (nSPS) is 19.3. The predicted octanol–water partition coefficient (Wildman–Crippen LogP) is 0.0942. The summed E-state index contributed by atoms with van der Waals surface area (Å²) in [4.78, 5) is 19.5. The largest absolute Gasteiger partial charge is 0.450 e. The highest BCUT2D eigenvalue weighted by atomic mass is 32.2. The molecule has 1 amide bonds. The summed E-state index contributed by atoms with van der Waals surface area (Å²) >= 11 is 0. The van der Waals surface area contributed by atoms with Crippen LogP contribution in [0.3, 0.4) is 0 Å². The van der Waals surface area contributed by atoms with E-state index in [1.165, 1.54) is 13.5 Å². The Morgan fingerprint density at radius 2 is 1.75 bits per heavy atom. The topological polar surface area (TPSA) is 110 Å². The van der Waals surface area contributed by atoms with Crippen molar-refractivity contribution in [2.45, 2.75) is 6.92 Å². The fourth-order valence-corrected chi connectivity index (χ4v) is 4.86. The molecule has 1 aromatic rings. The van der Waals surface area contributed by atoms with Gasteiger partial charge in [-0.25, -0.2) is 9.78 Å². The lowest BCUT2D eigenvalue weighted by molar-refractivity contribution is 0.0923. The number of nitriles is 1. The van der Waals surface area contributed by atoms with Gasteiger partial charge < -0.3 is 14.5 Å². The van der Waals surface area contributed by atoms with Gasteiger partial charge in [-0.2, -0.15) is 22.3 Å². The molecule has 3 rings (SSSR count). The van der Waals surface area contributed by atoms with Gasteiger partial charge in [-0.3, -0.25) is 0 Å². The number of carbonyl (C=O) groups excluding carboxylic acids is 1. The third-order valence-electron chi connectivity index (χ3n) is 4.85. The van der Waals surface area contributed by atoms with Gasteiger partial charge in [0.05, 0.1) is 18.2 Å². The predicted molar refractivity (Wildman–Crippen MR) is 102 cm³/mol. The number of piperazine rings is 2. The van der Waals surface area contributed by atoms with E-state index in [2.05, 4.69) is 11.1 Å². The molecular weight excluding hydrogens is 384 g/mol. The number of hydrogen-bond donors (Lipinski definition) is 0. The van der Waals surface area contributed by atoms with Gasteiger partial charge in [-0.1, -0.05) is 0 Å². The first-order valence-corrected chi connectivity index (χ1v) is 10.6. The molecule has 0 unspecified atom stereocenters. The summed E-state index contributed by atoms with van der Waals surface area (Å²) in [6.45, 7) is 4.90. The fourth-order valence-electron chi connectivity index (χ4n) is 3.29. The maximum atomic E-state index is 12.9. The van der Waals surface area contributed by atoms with Gasteiger partial charge in [0, 0.05) is 58.6 Å². The Morgan fingerprint density at radius 3 is 2.32 bits per heavy atom. The molecule has 11 heteroatoms. The number of pyridine rings is 1. The molecule has 3 heterocycles. The minimum Gasteiger partial charge on any atom is -0.450 e. The van der Waals surface area contributed by atoms with Crippen LogP contribution in [0.1, 0.15) is 12.5 Å². The van der Waals surface area contributed by atoms with Crippen LogP contribution in [0.15, 0.2) is 18.3 Å². The number of aromatic nitrogens is 1. The number of carbonyl (C=O) groups is 1. The van der Waals surface area contributed by atoms with E-state index in [1.54, 1.807) is 25.3 Å². The highest BCUT2D eigenvalue weighted by Crippen LogP contribution is 2.19. The van der Waals surface area contributed by atoms with Crippen LogP contribution in [0.4, 0.5) is 10.6 Å². The lowest BCUT2D eigenvalue weighted by atomic mass is 10.2. The number of nitrogens with zero attached hydrogens (tertiary/aromatic N) is 6. The Bertz CT molecular complexity index is 839. The minimum absolute atomic E-state index is 0.257. The Balaban J connectivity index is 1.56. The van der Waals surface area contributed by atoms with Gasteiger partial charge in [0.1, 0.15) is 5.82 Å². The summed E-state index contributed by atoms with van der Waals surface area (Å²) in [5.74, 6) is 0.680. The van der Waals surface area contributed by atoms with Gasteiger partial charge in [0.25, 0.3) is 10.2 Å². The average Bonchev–Trinajstić information content (AvgIpc) is 2.74. The molecule has 0 saturated carbocycles. The SMILES string of the molecule is CCOC(=O)N1CCN(S(=O)(=O)N2CCN(c3cc(C#N)ccn3)CC2)CC1. The van der Waals surface area contributed by atoms with Crippen molar-refractivity contribution in [3.05, 3.63) is 23.9 Å². The van der Waals surface area contributed by atoms with E-state index in [9.17, 15) is 13.2 Å². The number of anilines is 1. The lowest BCUT2D eigenvalue weighted by Gasteiger charge is -2.39. The molecule has 0 bridgehead atoms. The highest BCUT2D eigenvalue weighted by molar-refractivity contribution is 7.86. The van der Waals surface area contributed by atoms with E-state index >= 15 is 0 Å². The first kappa shape index (κ1) is 20.3. The van der Waals surface area contributed by atoms with E-state index in [-0.39, 0.29) is 13.1 Å². The Kier molecular flexibility index (Phi) is 6.33. The molecule has 2 fully saturated rings. The fraction of sp³-hybridized carbons (Fsp3) is 0.588. The molecule has 10 nitrogen and oxygen atoms in total. The maximum absolute atomic E-state index is 12.9. The third-order valence-corrected chi connectivity index (χ3v) is 6.89. The van der Waals surface area contributed by atoms with Crippen molar-refractivity contribution >= 4 is 22.1 Å². The first-order valence-electron chi connectivity index (χ1n) is 9.23. The van der Waals surface area contributed by atoms with E-state index < -0.39 is 16.3 Å². The lowest BCUT2D eigenvalue weighted by Crippen LogP contribution is -2.57. The van der Waals surface area contributed by atoms with Crippen molar-refractivity contribution in [2.24, 2.45) is 0 Å². The van der Waals surface area contributed by atoms with Crippen LogP contribution in [0, 0.1) is 11.3 Å². The third kappa shape index (κ3) is 4.35. The smallest absolute Gasteiger partial charge is 0.409 e. The summed E-state index contributed by atoms with van der Waals surface area (Å²) in [7, 11) is -3.58. The monoisotopic (exact) mass is 408 g/mol. The number of amides is 1. The van der Waals surface area contributed by atoms with Crippen LogP contribution in [-0.2, 0) is 14.9 Å². The maximum Gasteiger partial charge on any atom is 0.409 e. The van der Waals surface area contributed by atoms with Crippen molar-refractivity contribution in [2.75, 3.05) is 63.9 Å². The van der Waals surface area contributed by atoms with Gasteiger partial charge in [-0.15, -0.1) is 0 Å². The Morgan fingerprint density at radius 1 is 1.14 bits per heavy atom. The molecule has 0 aliphatic carbocycles. The Labute approximate surface area is 165 Å². The number of hydrogen-bond acceptors (Lipinski definition) is 7. The van der Waals surface area contributed by atoms with E-state index in [0.717, 1.165) is 0 Å².